The normalized spacial score (nSPS) is 11.5. The highest BCUT2D eigenvalue weighted by atomic mass is 16.5. The topological polar surface area (TPSA) is 61.2 Å². The second kappa shape index (κ2) is 4.84. The van der Waals surface area contributed by atoms with Crippen molar-refractivity contribution >= 4 is 16.9 Å². The van der Waals surface area contributed by atoms with Gasteiger partial charge in [0.25, 0.3) is 0 Å². The van der Waals surface area contributed by atoms with E-state index in [1.54, 1.807) is 33.0 Å². The van der Waals surface area contributed by atoms with Crippen molar-refractivity contribution in [3.05, 3.63) is 40.9 Å². The van der Waals surface area contributed by atoms with Crippen LogP contribution in [-0.4, -0.2) is 15.5 Å². The van der Waals surface area contributed by atoms with E-state index in [2.05, 4.69) is 4.98 Å². The van der Waals surface area contributed by atoms with Crippen LogP contribution in [0.25, 0.3) is 10.9 Å². The van der Waals surface area contributed by atoms with E-state index in [4.69, 9.17) is 4.74 Å². The van der Waals surface area contributed by atoms with E-state index in [0.717, 1.165) is 5.39 Å². The summed E-state index contributed by atoms with van der Waals surface area (Å²) in [6.07, 6.45) is 1.64. The van der Waals surface area contributed by atoms with Gasteiger partial charge in [0, 0.05) is 11.6 Å². The van der Waals surface area contributed by atoms with E-state index >= 15 is 0 Å². The predicted octanol–water partition coefficient (Wildman–Crippen LogP) is 1.94. The molecule has 0 aliphatic heterocycles. The molecule has 0 atom stereocenters. The van der Waals surface area contributed by atoms with E-state index in [1.807, 2.05) is 18.2 Å². The maximum Gasteiger partial charge on any atom is 0.350 e. The fourth-order valence-corrected chi connectivity index (χ4v) is 1.53. The predicted molar refractivity (Wildman–Crippen MR) is 71.6 cm³/mol. The first-order chi connectivity index (χ1) is 8.88. The van der Waals surface area contributed by atoms with Crippen LogP contribution in [0.2, 0.25) is 0 Å². The molecule has 5 heteroatoms. The Bertz CT molecular complexity index is 668. The van der Waals surface area contributed by atoms with Crippen molar-refractivity contribution in [3.8, 4) is 0 Å². The SMILES string of the molecule is CC(C)(C)C(=O)OCn1cc2ccccc2nc1=O. The number of aromatic nitrogens is 2. The molecular formula is C14H16N2O3. The van der Waals surface area contributed by atoms with Gasteiger partial charge in [0.15, 0.2) is 6.73 Å². The van der Waals surface area contributed by atoms with Crippen LogP contribution in [0.3, 0.4) is 0 Å². The summed E-state index contributed by atoms with van der Waals surface area (Å²) >= 11 is 0. The Balaban J connectivity index is 2.24. The maximum atomic E-state index is 11.8. The molecule has 0 saturated heterocycles. The third kappa shape index (κ3) is 2.99. The number of carbonyl (C=O) groups is 1. The summed E-state index contributed by atoms with van der Waals surface area (Å²) in [6, 6.07) is 7.30. The molecule has 0 amide bonds. The third-order valence-corrected chi connectivity index (χ3v) is 2.64. The lowest BCUT2D eigenvalue weighted by Crippen LogP contribution is -2.28. The third-order valence-electron chi connectivity index (χ3n) is 2.64. The van der Waals surface area contributed by atoms with Gasteiger partial charge in [0.1, 0.15) is 0 Å². The fourth-order valence-electron chi connectivity index (χ4n) is 1.53. The van der Waals surface area contributed by atoms with Crippen LogP contribution in [0.4, 0.5) is 0 Å². The average Bonchev–Trinajstić information content (AvgIpc) is 2.34. The average molecular weight is 260 g/mol. The Morgan fingerprint density at radius 3 is 2.68 bits per heavy atom. The van der Waals surface area contributed by atoms with Crippen molar-refractivity contribution < 1.29 is 9.53 Å². The summed E-state index contributed by atoms with van der Waals surface area (Å²) in [4.78, 5) is 27.3. The van der Waals surface area contributed by atoms with Gasteiger partial charge in [-0.1, -0.05) is 18.2 Å². The highest BCUT2D eigenvalue weighted by molar-refractivity contribution is 5.77. The first-order valence-corrected chi connectivity index (χ1v) is 6.01. The van der Waals surface area contributed by atoms with Gasteiger partial charge in [0.05, 0.1) is 10.9 Å². The molecule has 0 fully saturated rings. The quantitative estimate of drug-likeness (QED) is 0.774. The zero-order valence-corrected chi connectivity index (χ0v) is 11.2. The summed E-state index contributed by atoms with van der Waals surface area (Å²) in [7, 11) is 0. The van der Waals surface area contributed by atoms with Gasteiger partial charge in [-0.05, 0) is 26.8 Å². The lowest BCUT2D eigenvalue weighted by molar-refractivity contribution is -0.157. The summed E-state index contributed by atoms with van der Waals surface area (Å²) in [6.45, 7) is 5.16. The molecule has 19 heavy (non-hydrogen) atoms. The molecule has 0 radical (unpaired) electrons. The second-order valence-electron chi connectivity index (χ2n) is 5.36. The van der Waals surface area contributed by atoms with Crippen LogP contribution in [0.1, 0.15) is 20.8 Å². The van der Waals surface area contributed by atoms with E-state index in [9.17, 15) is 9.59 Å². The molecule has 0 unspecified atom stereocenters. The van der Waals surface area contributed by atoms with Crippen LogP contribution in [0, 0.1) is 5.41 Å². The number of rotatable bonds is 2. The Morgan fingerprint density at radius 2 is 2.00 bits per heavy atom. The molecule has 0 saturated carbocycles. The number of hydrogen-bond donors (Lipinski definition) is 0. The molecule has 2 rings (SSSR count). The zero-order chi connectivity index (χ0) is 14.0. The Labute approximate surface area is 110 Å². The number of fused-ring (bicyclic) bond motifs is 1. The van der Waals surface area contributed by atoms with Crippen LogP contribution in [-0.2, 0) is 16.3 Å². The van der Waals surface area contributed by atoms with Gasteiger partial charge in [-0.3, -0.25) is 9.36 Å². The molecule has 2 aromatic rings. The molecule has 0 aliphatic rings. The standard InChI is InChI=1S/C14H16N2O3/c1-14(2,3)12(17)19-9-16-8-10-6-4-5-7-11(10)15-13(16)18/h4-8H,9H2,1-3H3. The van der Waals surface area contributed by atoms with Gasteiger partial charge in [-0.2, -0.15) is 4.98 Å². The Morgan fingerprint density at radius 1 is 1.32 bits per heavy atom. The summed E-state index contributed by atoms with van der Waals surface area (Å²) in [5, 5.41) is 0.828. The van der Waals surface area contributed by atoms with Gasteiger partial charge >= 0.3 is 11.7 Å². The van der Waals surface area contributed by atoms with Gasteiger partial charge in [-0.25, -0.2) is 4.79 Å². The fraction of sp³-hybridized carbons (Fsp3) is 0.357. The van der Waals surface area contributed by atoms with Crippen molar-refractivity contribution in [2.24, 2.45) is 5.41 Å². The van der Waals surface area contributed by atoms with Crippen molar-refractivity contribution in [2.45, 2.75) is 27.5 Å². The molecule has 1 aromatic carbocycles. The van der Waals surface area contributed by atoms with Crippen molar-refractivity contribution in [1.82, 2.24) is 9.55 Å². The molecule has 0 N–H and O–H groups in total. The smallest absolute Gasteiger partial charge is 0.350 e. The highest BCUT2D eigenvalue weighted by Gasteiger charge is 2.23. The molecule has 5 nitrogen and oxygen atoms in total. The molecular weight excluding hydrogens is 244 g/mol. The van der Waals surface area contributed by atoms with E-state index in [0.29, 0.717) is 5.52 Å². The first-order valence-electron chi connectivity index (χ1n) is 6.01. The number of nitrogens with zero attached hydrogens (tertiary/aromatic N) is 2. The lowest BCUT2D eigenvalue weighted by atomic mass is 9.98. The molecule has 1 aromatic heterocycles. The number of esters is 1. The van der Waals surface area contributed by atoms with Crippen LogP contribution in [0.15, 0.2) is 35.3 Å². The maximum absolute atomic E-state index is 11.8. The summed E-state index contributed by atoms with van der Waals surface area (Å²) in [5.41, 5.74) is -0.389. The van der Waals surface area contributed by atoms with E-state index < -0.39 is 11.1 Å². The zero-order valence-electron chi connectivity index (χ0n) is 11.2. The van der Waals surface area contributed by atoms with Gasteiger partial charge in [0.2, 0.25) is 0 Å². The minimum Gasteiger partial charge on any atom is -0.443 e. The lowest BCUT2D eigenvalue weighted by Gasteiger charge is -2.17. The van der Waals surface area contributed by atoms with E-state index in [-0.39, 0.29) is 12.7 Å². The number of benzene rings is 1. The first kappa shape index (κ1) is 13.3. The Hall–Kier alpha value is -2.17. The van der Waals surface area contributed by atoms with Crippen molar-refractivity contribution in [2.75, 3.05) is 0 Å². The number of hydrogen-bond acceptors (Lipinski definition) is 4. The second-order valence-corrected chi connectivity index (χ2v) is 5.36. The molecule has 100 valence electrons. The van der Waals surface area contributed by atoms with Crippen LogP contribution < -0.4 is 5.69 Å². The number of ether oxygens (including phenoxy) is 1. The molecule has 0 aliphatic carbocycles. The minimum absolute atomic E-state index is 0.118. The van der Waals surface area contributed by atoms with Crippen molar-refractivity contribution in [1.29, 1.82) is 0 Å². The number of carbonyl (C=O) groups excluding carboxylic acids is 1. The Kier molecular flexibility index (Phi) is 3.38. The molecule has 0 spiro atoms. The molecule has 0 bridgehead atoms. The monoisotopic (exact) mass is 260 g/mol. The summed E-state index contributed by atoms with van der Waals surface area (Å²) < 4.78 is 6.39. The van der Waals surface area contributed by atoms with E-state index in [1.165, 1.54) is 4.57 Å². The minimum atomic E-state index is -0.589. The van der Waals surface area contributed by atoms with Crippen molar-refractivity contribution in [3.63, 3.8) is 0 Å². The van der Waals surface area contributed by atoms with Crippen LogP contribution >= 0.6 is 0 Å². The highest BCUT2D eigenvalue weighted by Crippen LogP contribution is 2.15. The van der Waals surface area contributed by atoms with Gasteiger partial charge < -0.3 is 4.74 Å². The number of para-hydroxylation sites is 1. The van der Waals surface area contributed by atoms with Crippen LogP contribution in [0.5, 0.6) is 0 Å². The molecule has 1 heterocycles. The summed E-state index contributed by atoms with van der Waals surface area (Å²) in [5.74, 6) is -0.354. The van der Waals surface area contributed by atoms with Gasteiger partial charge in [-0.15, -0.1) is 0 Å². The largest absolute Gasteiger partial charge is 0.443 e.